The van der Waals surface area contributed by atoms with Gasteiger partial charge in [0, 0.05) is 41.9 Å². The first-order chi connectivity index (χ1) is 16.4. The molecule has 0 radical (unpaired) electrons. The number of imidazole rings is 1. The summed E-state index contributed by atoms with van der Waals surface area (Å²) in [5.74, 6) is -0.643. The number of ketones is 1. The second kappa shape index (κ2) is 9.10. The van der Waals surface area contributed by atoms with Gasteiger partial charge in [0.05, 0.1) is 17.9 Å². The van der Waals surface area contributed by atoms with Gasteiger partial charge in [0.2, 0.25) is 0 Å². The lowest BCUT2D eigenvalue weighted by atomic mass is 9.94. The fourth-order valence-electron chi connectivity index (χ4n) is 4.67. The molecule has 0 spiro atoms. The number of rotatable bonds is 6. The minimum absolute atomic E-state index is 0.0660. The van der Waals surface area contributed by atoms with E-state index < -0.39 is 17.7 Å². The van der Waals surface area contributed by atoms with Crippen LogP contribution in [-0.4, -0.2) is 43.9 Å². The Kier molecular flexibility index (Phi) is 6.00. The maximum atomic E-state index is 13.2. The molecule has 3 heterocycles. The molecule has 1 N–H and O–H groups in total. The van der Waals surface area contributed by atoms with Gasteiger partial charge in [-0.15, -0.1) is 0 Å². The van der Waals surface area contributed by atoms with Gasteiger partial charge in [-0.2, -0.15) is 0 Å². The number of benzene rings is 2. The fraction of sp³-hybridized carbons (Fsp3) is 0.269. The van der Waals surface area contributed by atoms with Crippen molar-refractivity contribution in [1.82, 2.24) is 14.5 Å². The van der Waals surface area contributed by atoms with E-state index in [4.69, 9.17) is 4.74 Å². The molecule has 8 heteroatoms. The third-order valence-corrected chi connectivity index (χ3v) is 6.80. The van der Waals surface area contributed by atoms with E-state index in [9.17, 15) is 14.7 Å². The molecule has 5 rings (SSSR count). The van der Waals surface area contributed by atoms with Crippen molar-refractivity contribution < 1.29 is 19.4 Å². The van der Waals surface area contributed by atoms with Crippen LogP contribution < -0.4 is 4.74 Å². The molecule has 1 saturated heterocycles. The van der Waals surface area contributed by atoms with E-state index in [0.717, 1.165) is 27.8 Å². The second-order valence-electron chi connectivity index (χ2n) is 8.65. The van der Waals surface area contributed by atoms with E-state index in [1.54, 1.807) is 23.5 Å². The number of likely N-dealkylation sites (tertiary alicyclic amines) is 1. The lowest BCUT2D eigenvalue weighted by Gasteiger charge is -2.25. The van der Waals surface area contributed by atoms with Gasteiger partial charge in [-0.05, 0) is 54.8 Å². The van der Waals surface area contributed by atoms with Crippen LogP contribution in [-0.2, 0) is 22.6 Å². The van der Waals surface area contributed by atoms with Gasteiger partial charge < -0.3 is 19.3 Å². The van der Waals surface area contributed by atoms with Gasteiger partial charge >= 0.3 is 0 Å². The molecule has 7 nitrogen and oxygen atoms in total. The number of nitrogens with zero attached hydrogens (tertiary/aromatic N) is 3. The first kappa shape index (κ1) is 22.4. The summed E-state index contributed by atoms with van der Waals surface area (Å²) in [6, 6.07) is 12.2. The van der Waals surface area contributed by atoms with Crippen LogP contribution in [0.5, 0.6) is 5.75 Å². The minimum atomic E-state index is -0.668. The molecule has 34 heavy (non-hydrogen) atoms. The molecule has 0 unspecified atom stereocenters. The zero-order chi connectivity index (χ0) is 23.8. The van der Waals surface area contributed by atoms with Crippen molar-refractivity contribution >= 4 is 33.4 Å². The number of aliphatic hydroxyl groups excluding tert-OH is 1. The highest BCUT2D eigenvalue weighted by molar-refractivity contribution is 9.10. The van der Waals surface area contributed by atoms with E-state index in [1.807, 2.05) is 54.1 Å². The van der Waals surface area contributed by atoms with Crippen LogP contribution in [0.25, 0.3) is 5.76 Å². The number of amides is 1. The number of hydrogen-bond donors (Lipinski definition) is 1. The Hall–Kier alpha value is -3.39. The van der Waals surface area contributed by atoms with Crippen LogP contribution in [0.15, 0.2) is 71.2 Å². The van der Waals surface area contributed by atoms with Gasteiger partial charge in [-0.3, -0.25) is 9.59 Å². The Morgan fingerprint density at radius 2 is 1.97 bits per heavy atom. The standard InChI is InChI=1S/C26H24BrN3O4/c1-16-13-19-14-18(5-8-21(19)34-16)24(31)22-23(17-3-6-20(27)7-4-17)30(26(33)25(22)32)11-2-10-29-12-9-28-15-29/h3-9,12,14-16,23,31H,2,10-11,13H2,1H3/t16-,23-/m1/s1. The van der Waals surface area contributed by atoms with Gasteiger partial charge in [0.15, 0.2) is 0 Å². The molecule has 174 valence electrons. The Morgan fingerprint density at radius 3 is 2.71 bits per heavy atom. The first-order valence-corrected chi connectivity index (χ1v) is 12.0. The summed E-state index contributed by atoms with van der Waals surface area (Å²) >= 11 is 3.44. The van der Waals surface area contributed by atoms with Crippen LogP contribution in [0.3, 0.4) is 0 Å². The summed E-state index contributed by atoms with van der Waals surface area (Å²) < 4.78 is 8.58. The quantitative estimate of drug-likeness (QED) is 0.293. The number of aryl methyl sites for hydroxylation is 1. The molecule has 0 aliphatic carbocycles. The first-order valence-electron chi connectivity index (χ1n) is 11.2. The van der Waals surface area contributed by atoms with Gasteiger partial charge in [0.25, 0.3) is 11.7 Å². The molecule has 0 bridgehead atoms. The molecule has 2 aliphatic heterocycles. The molecule has 1 fully saturated rings. The highest BCUT2D eigenvalue weighted by Crippen LogP contribution is 2.41. The average molecular weight is 522 g/mol. The molecule has 2 aromatic carbocycles. The predicted molar refractivity (Wildman–Crippen MR) is 130 cm³/mol. The molecule has 1 aromatic heterocycles. The Labute approximate surface area is 205 Å². The van der Waals surface area contributed by atoms with E-state index in [-0.39, 0.29) is 17.4 Å². The summed E-state index contributed by atoms with van der Waals surface area (Å²) in [4.78, 5) is 31.9. The maximum Gasteiger partial charge on any atom is 0.295 e. The number of fused-ring (bicyclic) bond motifs is 1. The van der Waals surface area contributed by atoms with Crippen molar-refractivity contribution in [2.75, 3.05) is 6.54 Å². The van der Waals surface area contributed by atoms with Crippen LogP contribution in [0.4, 0.5) is 0 Å². The average Bonchev–Trinajstić information content (AvgIpc) is 3.53. The molecule has 2 atom stereocenters. The van der Waals surface area contributed by atoms with Crippen molar-refractivity contribution in [1.29, 1.82) is 0 Å². The van der Waals surface area contributed by atoms with Gasteiger partial charge in [-0.25, -0.2) is 4.98 Å². The second-order valence-corrected chi connectivity index (χ2v) is 9.57. The Morgan fingerprint density at radius 1 is 1.18 bits per heavy atom. The van der Waals surface area contributed by atoms with Crippen LogP contribution >= 0.6 is 15.9 Å². The zero-order valence-corrected chi connectivity index (χ0v) is 20.2. The Bertz CT molecular complexity index is 1270. The molecule has 0 saturated carbocycles. The van der Waals surface area contributed by atoms with E-state index in [0.29, 0.717) is 25.1 Å². The van der Waals surface area contributed by atoms with Crippen molar-refractivity contribution in [3.05, 3.63) is 87.9 Å². The summed E-state index contributed by atoms with van der Waals surface area (Å²) in [7, 11) is 0. The normalized spacial score (nSPS) is 21.1. The Balaban J connectivity index is 1.52. The van der Waals surface area contributed by atoms with Crippen LogP contribution in [0.2, 0.25) is 0 Å². The summed E-state index contributed by atoms with van der Waals surface area (Å²) in [6.45, 7) is 3.03. The number of halogens is 1. The van der Waals surface area contributed by atoms with Crippen molar-refractivity contribution in [3.63, 3.8) is 0 Å². The number of aromatic nitrogens is 2. The van der Waals surface area contributed by atoms with Crippen LogP contribution in [0, 0.1) is 0 Å². The highest BCUT2D eigenvalue weighted by atomic mass is 79.9. The molecule has 1 amide bonds. The molecular formula is C26H24BrN3O4. The molecule has 3 aromatic rings. The topological polar surface area (TPSA) is 84.7 Å². The van der Waals surface area contributed by atoms with E-state index in [1.165, 1.54) is 0 Å². The predicted octanol–water partition coefficient (Wildman–Crippen LogP) is 4.48. The smallest absolute Gasteiger partial charge is 0.295 e. The minimum Gasteiger partial charge on any atom is -0.507 e. The van der Waals surface area contributed by atoms with Crippen LogP contribution in [0.1, 0.15) is 36.1 Å². The number of Topliss-reactive ketones (excluding diaryl/α,β-unsaturated/α-hetero) is 1. The van der Waals surface area contributed by atoms with Crippen molar-refractivity contribution in [3.8, 4) is 5.75 Å². The number of hydrogen-bond acceptors (Lipinski definition) is 5. The van der Waals surface area contributed by atoms with Crippen molar-refractivity contribution in [2.45, 2.75) is 38.5 Å². The zero-order valence-electron chi connectivity index (χ0n) is 18.6. The van der Waals surface area contributed by atoms with Gasteiger partial charge in [-0.1, -0.05) is 28.1 Å². The number of carbonyl (C=O) groups is 2. The monoisotopic (exact) mass is 521 g/mol. The summed E-state index contributed by atoms with van der Waals surface area (Å²) in [6.07, 6.45) is 6.73. The highest BCUT2D eigenvalue weighted by Gasteiger charge is 2.45. The number of aliphatic hydroxyl groups is 1. The lowest BCUT2D eigenvalue weighted by molar-refractivity contribution is -0.139. The van der Waals surface area contributed by atoms with Gasteiger partial charge in [0.1, 0.15) is 17.6 Å². The summed E-state index contributed by atoms with van der Waals surface area (Å²) in [5, 5.41) is 11.3. The maximum absolute atomic E-state index is 13.2. The third kappa shape index (κ3) is 4.14. The molecule has 2 aliphatic rings. The van der Waals surface area contributed by atoms with E-state index in [2.05, 4.69) is 20.9 Å². The SMILES string of the molecule is C[C@@H]1Cc2cc(C(O)=C3C(=O)C(=O)N(CCCn4ccnc4)[C@@H]3c3ccc(Br)cc3)ccc2O1. The third-order valence-electron chi connectivity index (χ3n) is 6.27. The van der Waals surface area contributed by atoms with E-state index >= 15 is 0 Å². The summed E-state index contributed by atoms with van der Waals surface area (Å²) in [5.41, 5.74) is 2.37. The van der Waals surface area contributed by atoms with Crippen molar-refractivity contribution in [2.24, 2.45) is 0 Å². The molecular weight excluding hydrogens is 498 g/mol. The number of carbonyl (C=O) groups excluding carboxylic acids is 2. The lowest BCUT2D eigenvalue weighted by Crippen LogP contribution is -2.31. The fourth-order valence-corrected chi connectivity index (χ4v) is 4.93. The largest absolute Gasteiger partial charge is 0.507 e. The number of ether oxygens (including phenoxy) is 1.